The van der Waals surface area contributed by atoms with Crippen LogP contribution in [0.25, 0.3) is 0 Å². The Morgan fingerprint density at radius 3 is 2.96 bits per heavy atom. The van der Waals surface area contributed by atoms with E-state index < -0.39 is 11.7 Å². The van der Waals surface area contributed by atoms with Gasteiger partial charge in [0.05, 0.1) is 6.20 Å². The van der Waals surface area contributed by atoms with Crippen LogP contribution in [0.1, 0.15) is 24.6 Å². The van der Waals surface area contributed by atoms with Gasteiger partial charge in [0, 0.05) is 45.5 Å². The third-order valence-electron chi connectivity index (χ3n) is 4.28. The van der Waals surface area contributed by atoms with Gasteiger partial charge in [0.25, 0.3) is 0 Å². The number of nitrogens with zero attached hydrogens (tertiary/aromatic N) is 6. The minimum Gasteiger partial charge on any atom is -0.368 e. The molecular weight excluding hydrogens is 325 g/mol. The first kappa shape index (κ1) is 17.1. The molecule has 0 aromatic carbocycles. The average Bonchev–Trinajstić information content (AvgIpc) is 3.02. The maximum atomic E-state index is 13.8. The second-order valence-corrected chi connectivity index (χ2v) is 6.40. The third-order valence-corrected chi connectivity index (χ3v) is 4.28. The van der Waals surface area contributed by atoms with Crippen LogP contribution in [-0.4, -0.2) is 52.6 Å². The van der Waals surface area contributed by atoms with E-state index in [2.05, 4.69) is 15.0 Å². The van der Waals surface area contributed by atoms with Crippen molar-refractivity contribution in [3.8, 4) is 0 Å². The molecule has 1 fully saturated rings. The predicted octanol–water partition coefficient (Wildman–Crippen LogP) is 0.747. The van der Waals surface area contributed by atoms with Crippen LogP contribution < -0.4 is 15.5 Å². The van der Waals surface area contributed by atoms with Gasteiger partial charge in [-0.3, -0.25) is 4.79 Å². The number of piperidine rings is 1. The fraction of sp³-hybridized carbons (Fsp3) is 0.500. The Hall–Kier alpha value is -2.71. The standard InChI is InChI=1S/C16H22FN7O/c1-22(2)15-12(17)8-20-16(21-15)24-6-3-4-11(9-24)14-19-5-7-23(14)10-13(18)25/h5,7-8,11H,3-4,6,9-10H2,1-2H3,(H2,18,25)/t11-/m1/s1. The number of amides is 1. The smallest absolute Gasteiger partial charge is 0.237 e. The summed E-state index contributed by atoms with van der Waals surface area (Å²) in [7, 11) is 3.49. The van der Waals surface area contributed by atoms with Gasteiger partial charge in [-0.1, -0.05) is 0 Å². The molecule has 3 rings (SSSR count). The lowest BCUT2D eigenvalue weighted by Gasteiger charge is -2.33. The molecule has 2 aromatic heterocycles. The number of hydrogen-bond acceptors (Lipinski definition) is 6. The molecule has 0 saturated carbocycles. The van der Waals surface area contributed by atoms with E-state index >= 15 is 0 Å². The molecule has 1 atom stereocenters. The number of hydrogen-bond donors (Lipinski definition) is 1. The fourth-order valence-corrected chi connectivity index (χ4v) is 3.17. The SMILES string of the molecule is CN(C)c1nc(N2CCC[C@@H](c3nccn3CC(N)=O)C2)ncc1F. The zero-order valence-electron chi connectivity index (χ0n) is 14.4. The lowest BCUT2D eigenvalue weighted by molar-refractivity contribution is -0.118. The molecule has 2 N–H and O–H groups in total. The molecule has 0 radical (unpaired) electrons. The predicted molar refractivity (Wildman–Crippen MR) is 91.9 cm³/mol. The Kier molecular flexibility index (Phi) is 4.82. The van der Waals surface area contributed by atoms with Crippen molar-refractivity contribution >= 4 is 17.7 Å². The van der Waals surface area contributed by atoms with Crippen molar-refractivity contribution in [1.29, 1.82) is 0 Å². The van der Waals surface area contributed by atoms with Gasteiger partial charge < -0.3 is 20.1 Å². The summed E-state index contributed by atoms with van der Waals surface area (Å²) in [5, 5.41) is 0. The fourth-order valence-electron chi connectivity index (χ4n) is 3.17. The summed E-state index contributed by atoms with van der Waals surface area (Å²) in [4.78, 5) is 27.8. The first-order valence-corrected chi connectivity index (χ1v) is 8.20. The molecule has 2 aromatic rings. The number of carbonyl (C=O) groups is 1. The van der Waals surface area contributed by atoms with E-state index in [-0.39, 0.29) is 18.3 Å². The van der Waals surface area contributed by atoms with Gasteiger partial charge in [-0.05, 0) is 12.8 Å². The van der Waals surface area contributed by atoms with Crippen molar-refractivity contribution in [2.24, 2.45) is 5.73 Å². The van der Waals surface area contributed by atoms with Gasteiger partial charge in [-0.25, -0.2) is 14.4 Å². The minimum absolute atomic E-state index is 0.115. The van der Waals surface area contributed by atoms with Crippen LogP contribution in [-0.2, 0) is 11.3 Å². The van der Waals surface area contributed by atoms with Crippen LogP contribution in [0, 0.1) is 5.82 Å². The number of halogens is 1. The first-order valence-electron chi connectivity index (χ1n) is 8.20. The zero-order valence-corrected chi connectivity index (χ0v) is 14.4. The molecule has 0 aliphatic carbocycles. The molecule has 0 spiro atoms. The Morgan fingerprint density at radius 1 is 1.44 bits per heavy atom. The molecule has 3 heterocycles. The lowest BCUT2D eigenvalue weighted by Crippen LogP contribution is -2.37. The topological polar surface area (TPSA) is 93.2 Å². The van der Waals surface area contributed by atoms with Gasteiger partial charge in [-0.15, -0.1) is 0 Å². The van der Waals surface area contributed by atoms with Crippen molar-refractivity contribution in [1.82, 2.24) is 19.5 Å². The Bertz CT molecular complexity index is 761. The molecule has 8 nitrogen and oxygen atoms in total. The van der Waals surface area contributed by atoms with Crippen molar-refractivity contribution in [2.75, 3.05) is 37.0 Å². The molecule has 9 heteroatoms. The number of carbonyl (C=O) groups excluding carboxylic acids is 1. The molecule has 134 valence electrons. The van der Waals surface area contributed by atoms with E-state index in [0.29, 0.717) is 12.5 Å². The van der Waals surface area contributed by atoms with E-state index in [1.54, 1.807) is 36.0 Å². The van der Waals surface area contributed by atoms with Crippen molar-refractivity contribution in [3.05, 3.63) is 30.2 Å². The summed E-state index contributed by atoms with van der Waals surface area (Å²) in [6.07, 6.45) is 6.53. The molecule has 1 aliphatic heterocycles. The van der Waals surface area contributed by atoms with E-state index in [4.69, 9.17) is 5.73 Å². The second-order valence-electron chi connectivity index (χ2n) is 6.40. The summed E-state index contributed by atoms with van der Waals surface area (Å²) in [6.45, 7) is 1.57. The normalized spacial score (nSPS) is 17.6. The average molecular weight is 347 g/mol. The summed E-state index contributed by atoms with van der Waals surface area (Å²) in [5.41, 5.74) is 5.30. The van der Waals surface area contributed by atoms with Gasteiger partial charge in [0.2, 0.25) is 11.9 Å². The quantitative estimate of drug-likeness (QED) is 0.858. The van der Waals surface area contributed by atoms with Gasteiger partial charge in [-0.2, -0.15) is 4.98 Å². The highest BCUT2D eigenvalue weighted by Crippen LogP contribution is 2.28. The minimum atomic E-state index is -0.445. The largest absolute Gasteiger partial charge is 0.368 e. The maximum Gasteiger partial charge on any atom is 0.237 e. The Labute approximate surface area is 145 Å². The maximum absolute atomic E-state index is 13.8. The molecule has 25 heavy (non-hydrogen) atoms. The molecule has 1 amide bonds. The number of rotatable bonds is 5. The number of nitrogens with two attached hydrogens (primary N) is 1. The molecule has 0 unspecified atom stereocenters. The molecule has 1 saturated heterocycles. The molecule has 0 bridgehead atoms. The molecular formula is C16H22FN7O. The highest BCUT2D eigenvalue weighted by molar-refractivity contribution is 5.73. The summed E-state index contributed by atoms with van der Waals surface area (Å²) in [5.74, 6) is 0.895. The van der Waals surface area contributed by atoms with Crippen LogP contribution in [0.5, 0.6) is 0 Å². The monoisotopic (exact) mass is 347 g/mol. The summed E-state index contributed by atoms with van der Waals surface area (Å²) in [6, 6.07) is 0. The third kappa shape index (κ3) is 3.70. The highest BCUT2D eigenvalue weighted by Gasteiger charge is 2.27. The molecule has 1 aliphatic rings. The summed E-state index contributed by atoms with van der Waals surface area (Å²) < 4.78 is 15.6. The van der Waals surface area contributed by atoms with Crippen molar-refractivity contribution in [3.63, 3.8) is 0 Å². The number of imidazole rings is 1. The van der Waals surface area contributed by atoms with Crippen LogP contribution in [0.15, 0.2) is 18.6 Å². The summed E-state index contributed by atoms with van der Waals surface area (Å²) >= 11 is 0. The number of anilines is 2. The van der Waals surface area contributed by atoms with Gasteiger partial charge in [0.15, 0.2) is 11.6 Å². The van der Waals surface area contributed by atoms with E-state index in [1.807, 2.05) is 4.90 Å². The number of aromatic nitrogens is 4. The first-order chi connectivity index (χ1) is 12.0. The zero-order chi connectivity index (χ0) is 18.0. The van der Waals surface area contributed by atoms with Crippen molar-refractivity contribution < 1.29 is 9.18 Å². The van der Waals surface area contributed by atoms with E-state index in [1.165, 1.54) is 6.20 Å². The van der Waals surface area contributed by atoms with Crippen LogP contribution in [0.3, 0.4) is 0 Å². The van der Waals surface area contributed by atoms with Crippen LogP contribution in [0.4, 0.5) is 16.2 Å². The van der Waals surface area contributed by atoms with E-state index in [9.17, 15) is 9.18 Å². The second kappa shape index (κ2) is 7.04. The Balaban J connectivity index is 1.81. The van der Waals surface area contributed by atoms with Crippen LogP contribution in [0.2, 0.25) is 0 Å². The van der Waals surface area contributed by atoms with E-state index in [0.717, 1.165) is 25.2 Å². The highest BCUT2D eigenvalue weighted by atomic mass is 19.1. The van der Waals surface area contributed by atoms with Crippen molar-refractivity contribution in [2.45, 2.75) is 25.3 Å². The number of primary amides is 1. The lowest BCUT2D eigenvalue weighted by atomic mass is 9.97. The van der Waals surface area contributed by atoms with Gasteiger partial charge in [0.1, 0.15) is 12.4 Å². The van der Waals surface area contributed by atoms with Crippen LogP contribution >= 0.6 is 0 Å². The Morgan fingerprint density at radius 2 is 2.24 bits per heavy atom. The van der Waals surface area contributed by atoms with Gasteiger partial charge >= 0.3 is 0 Å².